The second-order valence-corrected chi connectivity index (χ2v) is 4.48. The lowest BCUT2D eigenvalue weighted by Crippen LogP contribution is -2.32. The van der Waals surface area contributed by atoms with E-state index in [1.165, 1.54) is 6.21 Å². The number of anilines is 1. The van der Waals surface area contributed by atoms with Crippen LogP contribution in [0, 0.1) is 0 Å². The highest BCUT2D eigenvalue weighted by Crippen LogP contribution is 2.34. The average Bonchev–Trinajstić information content (AvgIpc) is 3.03. The lowest BCUT2D eigenvalue weighted by molar-refractivity contribution is -0.136. The van der Waals surface area contributed by atoms with Crippen molar-refractivity contribution in [2.24, 2.45) is 5.10 Å². The molecule has 0 bridgehead atoms. The summed E-state index contributed by atoms with van der Waals surface area (Å²) in [7, 11) is 0. The van der Waals surface area contributed by atoms with E-state index in [-0.39, 0.29) is 6.79 Å². The third-order valence-electron chi connectivity index (χ3n) is 2.89. The number of pyridine rings is 1. The number of hydrogen-bond donors (Lipinski definition) is 2. The van der Waals surface area contributed by atoms with Crippen molar-refractivity contribution in [1.82, 2.24) is 10.4 Å². The Bertz CT molecular complexity index is 761. The van der Waals surface area contributed by atoms with E-state index in [4.69, 9.17) is 9.47 Å². The van der Waals surface area contributed by atoms with E-state index in [1.54, 1.807) is 42.6 Å². The highest BCUT2D eigenvalue weighted by molar-refractivity contribution is 6.39. The molecule has 0 unspecified atom stereocenters. The van der Waals surface area contributed by atoms with Crippen molar-refractivity contribution in [1.29, 1.82) is 0 Å². The number of hydrazone groups is 1. The molecule has 0 fully saturated rings. The van der Waals surface area contributed by atoms with Crippen molar-refractivity contribution in [3.05, 3.63) is 48.3 Å². The normalized spacial score (nSPS) is 12.2. The number of ether oxygens (including phenoxy) is 2. The van der Waals surface area contributed by atoms with Crippen LogP contribution in [0.25, 0.3) is 0 Å². The van der Waals surface area contributed by atoms with Crippen LogP contribution >= 0.6 is 0 Å². The zero-order valence-corrected chi connectivity index (χ0v) is 11.9. The van der Waals surface area contributed by atoms with Gasteiger partial charge in [-0.3, -0.25) is 14.6 Å². The van der Waals surface area contributed by atoms with E-state index < -0.39 is 11.8 Å². The monoisotopic (exact) mass is 312 g/mol. The molecule has 2 aromatic rings. The molecule has 3 rings (SSSR count). The molecule has 0 atom stereocenters. The summed E-state index contributed by atoms with van der Waals surface area (Å²) in [4.78, 5) is 27.4. The highest BCUT2D eigenvalue weighted by atomic mass is 16.7. The topological polar surface area (TPSA) is 102 Å². The number of fused-ring (bicyclic) bond motifs is 1. The van der Waals surface area contributed by atoms with Gasteiger partial charge < -0.3 is 14.8 Å². The second kappa shape index (κ2) is 6.56. The fraction of sp³-hybridized carbons (Fsp3) is 0.0667. The third kappa shape index (κ3) is 3.62. The lowest BCUT2D eigenvalue weighted by Gasteiger charge is -2.04. The summed E-state index contributed by atoms with van der Waals surface area (Å²) in [6.07, 6.45) is 2.93. The van der Waals surface area contributed by atoms with Gasteiger partial charge in [-0.25, -0.2) is 5.43 Å². The van der Waals surface area contributed by atoms with E-state index in [0.29, 0.717) is 22.9 Å². The van der Waals surface area contributed by atoms with Crippen molar-refractivity contribution in [3.63, 3.8) is 0 Å². The standard InChI is InChI=1S/C15H12N4O4/c20-14(15(21)19-17-8-11-3-1-2-6-16-11)18-10-4-5-12-13(7-10)23-9-22-12/h1-8H,9H2,(H,18,20)(H,19,21)/b17-8-. The summed E-state index contributed by atoms with van der Waals surface area (Å²) >= 11 is 0. The Balaban J connectivity index is 1.55. The average molecular weight is 312 g/mol. The molecule has 0 saturated carbocycles. The van der Waals surface area contributed by atoms with Crippen molar-refractivity contribution < 1.29 is 19.1 Å². The van der Waals surface area contributed by atoms with Crippen LogP contribution in [0.4, 0.5) is 5.69 Å². The number of nitrogens with one attached hydrogen (secondary N) is 2. The molecule has 0 radical (unpaired) electrons. The van der Waals surface area contributed by atoms with Gasteiger partial charge in [0.05, 0.1) is 11.9 Å². The minimum Gasteiger partial charge on any atom is -0.454 e. The van der Waals surface area contributed by atoms with Gasteiger partial charge in [0.15, 0.2) is 11.5 Å². The molecular weight excluding hydrogens is 300 g/mol. The molecule has 0 spiro atoms. The van der Waals surface area contributed by atoms with E-state index >= 15 is 0 Å². The van der Waals surface area contributed by atoms with Crippen molar-refractivity contribution in [3.8, 4) is 11.5 Å². The van der Waals surface area contributed by atoms with E-state index in [0.717, 1.165) is 0 Å². The van der Waals surface area contributed by atoms with Crippen LogP contribution in [0.2, 0.25) is 0 Å². The van der Waals surface area contributed by atoms with E-state index in [2.05, 4.69) is 20.8 Å². The first-order valence-corrected chi connectivity index (χ1v) is 6.67. The number of amides is 2. The molecule has 8 nitrogen and oxygen atoms in total. The number of carbonyl (C=O) groups is 2. The van der Waals surface area contributed by atoms with Crippen molar-refractivity contribution in [2.75, 3.05) is 12.1 Å². The molecule has 2 N–H and O–H groups in total. The molecule has 2 amide bonds. The Morgan fingerprint density at radius 2 is 2.00 bits per heavy atom. The van der Waals surface area contributed by atoms with Crippen LogP contribution in [0.5, 0.6) is 11.5 Å². The van der Waals surface area contributed by atoms with Gasteiger partial charge in [0.25, 0.3) is 0 Å². The number of hydrogen-bond acceptors (Lipinski definition) is 6. The van der Waals surface area contributed by atoms with Crippen LogP contribution in [0.1, 0.15) is 5.69 Å². The van der Waals surface area contributed by atoms with Crippen LogP contribution in [-0.4, -0.2) is 29.8 Å². The maximum atomic E-state index is 11.8. The Morgan fingerprint density at radius 3 is 2.83 bits per heavy atom. The van der Waals surface area contributed by atoms with E-state index in [1.807, 2.05) is 0 Å². The number of nitrogens with zero attached hydrogens (tertiary/aromatic N) is 2. The lowest BCUT2D eigenvalue weighted by atomic mass is 10.3. The first-order chi connectivity index (χ1) is 11.2. The van der Waals surface area contributed by atoms with E-state index in [9.17, 15) is 9.59 Å². The van der Waals surface area contributed by atoms with Gasteiger partial charge in [-0.15, -0.1) is 0 Å². The zero-order valence-electron chi connectivity index (χ0n) is 11.9. The summed E-state index contributed by atoms with van der Waals surface area (Å²) in [6.45, 7) is 0.134. The molecule has 116 valence electrons. The molecule has 1 aliphatic heterocycles. The van der Waals surface area contributed by atoms with Gasteiger partial charge in [0.1, 0.15) is 0 Å². The Labute approximate surface area is 131 Å². The molecule has 1 aromatic heterocycles. The largest absolute Gasteiger partial charge is 0.454 e. The number of benzene rings is 1. The minimum absolute atomic E-state index is 0.134. The molecule has 23 heavy (non-hydrogen) atoms. The molecular formula is C15H12N4O4. The number of aromatic nitrogens is 1. The SMILES string of the molecule is O=C(N/N=C\c1ccccn1)C(=O)Nc1ccc2c(c1)OCO2. The summed E-state index contributed by atoms with van der Waals surface area (Å²) in [6, 6.07) is 10.1. The Hall–Kier alpha value is -3.42. The number of carbonyl (C=O) groups excluding carboxylic acids is 2. The van der Waals surface area contributed by atoms with Gasteiger partial charge in [0.2, 0.25) is 6.79 Å². The fourth-order valence-corrected chi connectivity index (χ4v) is 1.82. The van der Waals surface area contributed by atoms with Crippen LogP contribution in [0.3, 0.4) is 0 Å². The Kier molecular flexibility index (Phi) is 4.14. The summed E-state index contributed by atoms with van der Waals surface area (Å²) in [5.41, 5.74) is 3.10. The number of rotatable bonds is 3. The minimum atomic E-state index is -0.894. The zero-order chi connectivity index (χ0) is 16.1. The first-order valence-electron chi connectivity index (χ1n) is 6.67. The fourth-order valence-electron chi connectivity index (χ4n) is 1.82. The van der Waals surface area contributed by atoms with Crippen LogP contribution < -0.4 is 20.2 Å². The summed E-state index contributed by atoms with van der Waals surface area (Å²) in [5, 5.41) is 6.11. The van der Waals surface area contributed by atoms with Crippen molar-refractivity contribution in [2.45, 2.75) is 0 Å². The Morgan fingerprint density at radius 1 is 1.13 bits per heavy atom. The summed E-state index contributed by atoms with van der Waals surface area (Å²) in [5.74, 6) is -0.638. The summed E-state index contributed by atoms with van der Waals surface area (Å²) < 4.78 is 10.4. The van der Waals surface area contributed by atoms with Gasteiger partial charge in [0, 0.05) is 18.0 Å². The highest BCUT2D eigenvalue weighted by Gasteiger charge is 2.17. The first kappa shape index (κ1) is 14.5. The smallest absolute Gasteiger partial charge is 0.329 e. The van der Waals surface area contributed by atoms with Crippen LogP contribution in [-0.2, 0) is 9.59 Å². The predicted octanol–water partition coefficient (Wildman–Crippen LogP) is 0.899. The quantitative estimate of drug-likeness (QED) is 0.498. The maximum Gasteiger partial charge on any atom is 0.329 e. The third-order valence-corrected chi connectivity index (χ3v) is 2.89. The van der Waals surface area contributed by atoms with Gasteiger partial charge in [-0.2, -0.15) is 5.10 Å². The van der Waals surface area contributed by atoms with Gasteiger partial charge in [-0.05, 0) is 24.3 Å². The second-order valence-electron chi connectivity index (χ2n) is 4.48. The molecule has 2 heterocycles. The van der Waals surface area contributed by atoms with Crippen molar-refractivity contribution >= 4 is 23.7 Å². The molecule has 0 aliphatic carbocycles. The predicted molar refractivity (Wildman–Crippen MR) is 81.2 cm³/mol. The van der Waals surface area contributed by atoms with Gasteiger partial charge in [-0.1, -0.05) is 6.07 Å². The maximum absolute atomic E-state index is 11.8. The molecule has 0 saturated heterocycles. The molecule has 8 heteroatoms. The molecule has 1 aliphatic rings. The van der Waals surface area contributed by atoms with Crippen LogP contribution in [0.15, 0.2) is 47.7 Å². The molecule has 1 aromatic carbocycles. The van der Waals surface area contributed by atoms with Gasteiger partial charge >= 0.3 is 11.8 Å².